The molecular weight excluding hydrogens is 267 g/mol. The number of rotatable bonds is 6. The highest BCUT2D eigenvalue weighted by Gasteiger charge is 2.06. The van der Waals surface area contributed by atoms with Crippen LogP contribution in [0.5, 0.6) is 0 Å². The summed E-state index contributed by atoms with van der Waals surface area (Å²) in [6.07, 6.45) is 4.78. The summed E-state index contributed by atoms with van der Waals surface area (Å²) in [6.45, 7) is 2.81. The first kappa shape index (κ1) is 15.2. The highest BCUT2D eigenvalue weighted by molar-refractivity contribution is 5.94. The molecule has 1 N–H and O–H groups in total. The first-order chi connectivity index (χ1) is 10.2. The number of unbranched alkanes of at least 4 members (excludes halogenated alkanes) is 2. The van der Waals surface area contributed by atoms with Gasteiger partial charge in [-0.05, 0) is 42.8 Å². The van der Waals surface area contributed by atoms with Crippen LogP contribution in [0.4, 0.5) is 4.39 Å². The molecule has 1 aromatic heterocycles. The summed E-state index contributed by atoms with van der Waals surface area (Å²) in [7, 11) is 0. The van der Waals surface area contributed by atoms with Crippen LogP contribution in [0.15, 0.2) is 42.6 Å². The fourth-order valence-corrected chi connectivity index (χ4v) is 2.00. The quantitative estimate of drug-likeness (QED) is 0.820. The van der Waals surface area contributed by atoms with Crippen molar-refractivity contribution in [2.24, 2.45) is 0 Å². The van der Waals surface area contributed by atoms with Crippen molar-refractivity contribution < 1.29 is 9.18 Å². The average molecular weight is 286 g/mol. The maximum Gasteiger partial charge on any atom is 0.252 e. The predicted molar refractivity (Wildman–Crippen MR) is 81.5 cm³/mol. The van der Waals surface area contributed by atoms with E-state index in [1.807, 2.05) is 0 Å². The molecule has 3 nitrogen and oxygen atoms in total. The molecule has 1 heterocycles. The number of pyridine rings is 1. The molecule has 110 valence electrons. The van der Waals surface area contributed by atoms with Gasteiger partial charge in [-0.2, -0.15) is 0 Å². The van der Waals surface area contributed by atoms with E-state index in [-0.39, 0.29) is 11.7 Å². The van der Waals surface area contributed by atoms with Crippen LogP contribution in [0.2, 0.25) is 0 Å². The van der Waals surface area contributed by atoms with E-state index in [0.717, 1.165) is 30.5 Å². The third-order valence-corrected chi connectivity index (χ3v) is 3.23. The molecule has 0 aliphatic heterocycles. The molecule has 0 saturated heterocycles. The van der Waals surface area contributed by atoms with Gasteiger partial charge in [-0.15, -0.1) is 0 Å². The lowest BCUT2D eigenvalue weighted by Gasteiger charge is -2.05. The van der Waals surface area contributed by atoms with Gasteiger partial charge in [0.25, 0.3) is 5.91 Å². The molecule has 0 aliphatic carbocycles. The van der Waals surface area contributed by atoms with Crippen molar-refractivity contribution in [1.29, 1.82) is 0 Å². The van der Waals surface area contributed by atoms with Crippen LogP contribution in [-0.2, 0) is 0 Å². The standard InChI is InChI=1S/C17H19FN2O/c1-2-3-4-11-19-17(21)14-7-10-16(20-12-14)13-5-8-15(18)9-6-13/h5-10,12H,2-4,11H2,1H3,(H,19,21). The maximum absolute atomic E-state index is 12.9. The summed E-state index contributed by atoms with van der Waals surface area (Å²) >= 11 is 0. The molecule has 0 fully saturated rings. The minimum absolute atomic E-state index is 0.107. The summed E-state index contributed by atoms with van der Waals surface area (Å²) in [5, 5.41) is 2.87. The molecule has 2 rings (SSSR count). The monoisotopic (exact) mass is 286 g/mol. The smallest absolute Gasteiger partial charge is 0.252 e. The van der Waals surface area contributed by atoms with Gasteiger partial charge in [0, 0.05) is 18.3 Å². The molecule has 0 aliphatic rings. The number of hydrogen-bond donors (Lipinski definition) is 1. The first-order valence-electron chi connectivity index (χ1n) is 7.21. The molecule has 0 atom stereocenters. The number of carbonyl (C=O) groups is 1. The van der Waals surface area contributed by atoms with Crippen LogP contribution in [0.1, 0.15) is 36.5 Å². The third-order valence-electron chi connectivity index (χ3n) is 3.23. The largest absolute Gasteiger partial charge is 0.352 e. The number of halogens is 1. The molecule has 4 heteroatoms. The zero-order valence-electron chi connectivity index (χ0n) is 12.1. The second-order valence-corrected chi connectivity index (χ2v) is 4.90. The number of benzene rings is 1. The summed E-state index contributed by atoms with van der Waals surface area (Å²) in [5.41, 5.74) is 2.08. The summed E-state index contributed by atoms with van der Waals surface area (Å²) < 4.78 is 12.9. The van der Waals surface area contributed by atoms with Crippen molar-refractivity contribution in [3.05, 3.63) is 54.0 Å². The van der Waals surface area contributed by atoms with Gasteiger partial charge in [0.15, 0.2) is 0 Å². The van der Waals surface area contributed by atoms with Gasteiger partial charge in [-0.3, -0.25) is 9.78 Å². The number of nitrogens with zero attached hydrogens (tertiary/aromatic N) is 1. The van der Waals surface area contributed by atoms with Crippen LogP contribution in [0.3, 0.4) is 0 Å². The van der Waals surface area contributed by atoms with Gasteiger partial charge in [0.1, 0.15) is 5.82 Å². The Labute approximate surface area is 124 Å². The normalized spacial score (nSPS) is 10.4. The lowest BCUT2D eigenvalue weighted by Crippen LogP contribution is -2.24. The van der Waals surface area contributed by atoms with E-state index in [1.165, 1.54) is 12.1 Å². The molecule has 0 unspecified atom stereocenters. The Balaban J connectivity index is 1.98. The number of hydrogen-bond acceptors (Lipinski definition) is 2. The number of aromatic nitrogens is 1. The molecule has 0 saturated carbocycles. The Bertz CT molecular complexity index is 579. The number of nitrogens with one attached hydrogen (secondary N) is 1. The highest BCUT2D eigenvalue weighted by atomic mass is 19.1. The van der Waals surface area contributed by atoms with Crippen molar-refractivity contribution in [1.82, 2.24) is 10.3 Å². The van der Waals surface area contributed by atoms with E-state index in [2.05, 4.69) is 17.2 Å². The molecule has 2 aromatic rings. The fourth-order valence-electron chi connectivity index (χ4n) is 2.00. The van der Waals surface area contributed by atoms with Crippen LogP contribution in [0, 0.1) is 5.82 Å². The average Bonchev–Trinajstić information content (AvgIpc) is 2.52. The van der Waals surface area contributed by atoms with E-state index < -0.39 is 0 Å². The second kappa shape index (κ2) is 7.53. The minimum atomic E-state index is -0.276. The Hall–Kier alpha value is -2.23. The molecule has 0 radical (unpaired) electrons. The molecule has 0 bridgehead atoms. The van der Waals surface area contributed by atoms with Crippen LogP contribution in [-0.4, -0.2) is 17.4 Å². The van der Waals surface area contributed by atoms with Crippen molar-refractivity contribution in [2.45, 2.75) is 26.2 Å². The van der Waals surface area contributed by atoms with Gasteiger partial charge in [-0.1, -0.05) is 19.8 Å². The molecule has 0 spiro atoms. The van der Waals surface area contributed by atoms with Crippen LogP contribution >= 0.6 is 0 Å². The van der Waals surface area contributed by atoms with Crippen LogP contribution in [0.25, 0.3) is 11.3 Å². The fraction of sp³-hybridized carbons (Fsp3) is 0.294. The van der Waals surface area contributed by atoms with E-state index >= 15 is 0 Å². The van der Waals surface area contributed by atoms with Gasteiger partial charge in [-0.25, -0.2) is 4.39 Å². The van der Waals surface area contributed by atoms with E-state index in [4.69, 9.17) is 0 Å². The third kappa shape index (κ3) is 4.38. The van der Waals surface area contributed by atoms with E-state index in [1.54, 1.807) is 30.5 Å². The van der Waals surface area contributed by atoms with E-state index in [9.17, 15) is 9.18 Å². The summed E-state index contributed by atoms with van der Waals surface area (Å²) in [6, 6.07) is 9.64. The topological polar surface area (TPSA) is 42.0 Å². The van der Waals surface area contributed by atoms with Crippen molar-refractivity contribution in [3.8, 4) is 11.3 Å². The SMILES string of the molecule is CCCCCNC(=O)c1ccc(-c2ccc(F)cc2)nc1. The summed E-state index contributed by atoms with van der Waals surface area (Å²) in [4.78, 5) is 16.2. The zero-order chi connectivity index (χ0) is 15.1. The van der Waals surface area contributed by atoms with E-state index in [0.29, 0.717) is 12.1 Å². The predicted octanol–water partition coefficient (Wildman–Crippen LogP) is 3.81. The number of amides is 1. The lowest BCUT2D eigenvalue weighted by atomic mass is 10.1. The van der Waals surface area contributed by atoms with Crippen molar-refractivity contribution in [2.75, 3.05) is 6.54 Å². The Morgan fingerprint density at radius 2 is 1.90 bits per heavy atom. The van der Waals surface area contributed by atoms with Gasteiger partial charge in [0.2, 0.25) is 0 Å². The van der Waals surface area contributed by atoms with Crippen molar-refractivity contribution in [3.63, 3.8) is 0 Å². The lowest BCUT2D eigenvalue weighted by molar-refractivity contribution is 0.0952. The molecule has 21 heavy (non-hydrogen) atoms. The molecule has 1 aromatic carbocycles. The first-order valence-corrected chi connectivity index (χ1v) is 7.21. The highest BCUT2D eigenvalue weighted by Crippen LogP contribution is 2.17. The zero-order valence-corrected chi connectivity index (χ0v) is 12.1. The van der Waals surface area contributed by atoms with Crippen molar-refractivity contribution >= 4 is 5.91 Å². The Morgan fingerprint density at radius 3 is 2.52 bits per heavy atom. The molecular formula is C17H19FN2O. The van der Waals surface area contributed by atoms with Crippen LogP contribution < -0.4 is 5.32 Å². The Kier molecular flexibility index (Phi) is 5.43. The summed E-state index contributed by atoms with van der Waals surface area (Å²) in [5.74, 6) is -0.383. The van der Waals surface area contributed by atoms with Gasteiger partial charge < -0.3 is 5.32 Å². The molecule has 1 amide bonds. The maximum atomic E-state index is 12.9. The Morgan fingerprint density at radius 1 is 1.14 bits per heavy atom. The number of carbonyl (C=O) groups excluding carboxylic acids is 1. The van der Waals surface area contributed by atoms with Gasteiger partial charge >= 0.3 is 0 Å². The second-order valence-electron chi connectivity index (χ2n) is 4.90. The minimum Gasteiger partial charge on any atom is -0.352 e. The van der Waals surface area contributed by atoms with Gasteiger partial charge in [0.05, 0.1) is 11.3 Å².